The first kappa shape index (κ1) is 27.0. The number of aliphatic hydroxyl groups excluding tert-OH is 1. The van der Waals surface area contributed by atoms with Crippen LogP contribution < -0.4 is 10.6 Å². The summed E-state index contributed by atoms with van der Waals surface area (Å²) in [6.07, 6.45) is -1.98. The van der Waals surface area contributed by atoms with E-state index in [9.17, 15) is 24.6 Å². The van der Waals surface area contributed by atoms with Gasteiger partial charge < -0.3 is 30.3 Å². The lowest BCUT2D eigenvalue weighted by Gasteiger charge is -2.22. The van der Waals surface area contributed by atoms with Crippen LogP contribution in [0.5, 0.6) is 0 Å². The molecule has 194 valence electrons. The average Bonchev–Trinajstić information content (AvgIpc) is 3.14. The van der Waals surface area contributed by atoms with E-state index in [1.165, 1.54) is 0 Å². The number of amides is 2. The maximum atomic E-state index is 12.6. The van der Waals surface area contributed by atoms with E-state index >= 15 is 0 Å². The minimum Gasteiger partial charge on any atom is -0.479 e. The Kier molecular flexibility index (Phi) is 8.93. The molecule has 0 aliphatic heterocycles. The van der Waals surface area contributed by atoms with Crippen LogP contribution in [-0.4, -0.2) is 59.3 Å². The lowest BCUT2D eigenvalue weighted by molar-refractivity contribution is -0.148. The quantitative estimate of drug-likeness (QED) is 0.363. The molecule has 9 nitrogen and oxygen atoms in total. The molecule has 4 N–H and O–H groups in total. The standard InChI is InChI=1S/C27H34N2O7/c1-27(2,3)36-25(33)28-15-9-8-14-22(23(30)24(31)32)29-26(34)35-16-21-19-12-6-4-10-17(19)18-11-5-7-13-20(18)21/h4-7,10-13,21-23,30H,8-9,14-16H2,1-3H3,(H,28,33)(H,29,34)(H,31,32). The summed E-state index contributed by atoms with van der Waals surface area (Å²) in [5.41, 5.74) is 3.72. The molecule has 2 amide bonds. The zero-order valence-corrected chi connectivity index (χ0v) is 20.8. The van der Waals surface area contributed by atoms with Crippen LogP contribution in [-0.2, 0) is 14.3 Å². The van der Waals surface area contributed by atoms with Gasteiger partial charge in [0.25, 0.3) is 0 Å². The Balaban J connectivity index is 1.52. The summed E-state index contributed by atoms with van der Waals surface area (Å²) in [5, 5.41) is 24.5. The number of unbranched alkanes of at least 4 members (excludes halogenated alkanes) is 1. The van der Waals surface area contributed by atoms with Crippen LogP contribution in [0.2, 0.25) is 0 Å². The SMILES string of the molecule is CC(C)(C)OC(=O)NCCCCC(NC(=O)OCC1c2ccccc2-c2ccccc21)C(O)C(=O)O. The van der Waals surface area contributed by atoms with E-state index in [1.807, 2.05) is 48.5 Å². The first-order chi connectivity index (χ1) is 17.1. The zero-order chi connectivity index (χ0) is 26.3. The van der Waals surface area contributed by atoms with Crippen molar-refractivity contribution < 1.29 is 34.1 Å². The second kappa shape index (κ2) is 11.9. The summed E-state index contributed by atoms with van der Waals surface area (Å²) in [5.74, 6) is -1.57. The Morgan fingerprint density at radius 1 is 0.944 bits per heavy atom. The van der Waals surface area contributed by atoms with Gasteiger partial charge in [-0.2, -0.15) is 0 Å². The molecule has 9 heteroatoms. The summed E-state index contributed by atoms with van der Waals surface area (Å²) in [7, 11) is 0. The number of rotatable bonds is 10. The van der Waals surface area contributed by atoms with Crippen LogP contribution in [0, 0.1) is 0 Å². The molecule has 2 unspecified atom stereocenters. The minimum absolute atomic E-state index is 0.0789. The Morgan fingerprint density at radius 3 is 2.08 bits per heavy atom. The molecule has 0 radical (unpaired) electrons. The molecule has 0 fully saturated rings. The molecule has 0 saturated heterocycles. The molecule has 0 aromatic heterocycles. The van der Waals surface area contributed by atoms with Crippen LogP contribution in [0.4, 0.5) is 9.59 Å². The lowest BCUT2D eigenvalue weighted by atomic mass is 9.98. The van der Waals surface area contributed by atoms with Crippen molar-refractivity contribution in [2.24, 2.45) is 0 Å². The summed E-state index contributed by atoms with van der Waals surface area (Å²) in [6.45, 7) is 5.68. The van der Waals surface area contributed by atoms with Crippen LogP contribution in [0.1, 0.15) is 57.1 Å². The molecule has 2 aromatic rings. The van der Waals surface area contributed by atoms with E-state index in [-0.39, 0.29) is 18.9 Å². The van der Waals surface area contributed by atoms with Gasteiger partial charge in [-0.05, 0) is 62.3 Å². The highest BCUT2D eigenvalue weighted by atomic mass is 16.6. The topological polar surface area (TPSA) is 134 Å². The lowest BCUT2D eigenvalue weighted by Crippen LogP contribution is -2.47. The number of aliphatic hydroxyl groups is 1. The summed E-state index contributed by atoms with van der Waals surface area (Å²) >= 11 is 0. The van der Waals surface area contributed by atoms with Gasteiger partial charge in [-0.25, -0.2) is 14.4 Å². The van der Waals surface area contributed by atoms with E-state index in [0.29, 0.717) is 19.4 Å². The number of carboxylic acid groups (broad SMARTS) is 1. The first-order valence-electron chi connectivity index (χ1n) is 12.1. The first-order valence-corrected chi connectivity index (χ1v) is 12.1. The van der Waals surface area contributed by atoms with Gasteiger partial charge in [0.05, 0.1) is 6.04 Å². The van der Waals surface area contributed by atoms with Crippen LogP contribution in [0.25, 0.3) is 11.1 Å². The molecule has 0 bridgehead atoms. The van der Waals surface area contributed by atoms with Crippen LogP contribution >= 0.6 is 0 Å². The number of carboxylic acids is 1. The van der Waals surface area contributed by atoms with Gasteiger partial charge in [0.2, 0.25) is 0 Å². The Hall–Kier alpha value is -3.59. The zero-order valence-electron chi connectivity index (χ0n) is 20.8. The number of benzene rings is 2. The number of hydrogen-bond acceptors (Lipinski definition) is 6. The Morgan fingerprint density at radius 2 is 1.53 bits per heavy atom. The third-order valence-electron chi connectivity index (χ3n) is 5.89. The maximum Gasteiger partial charge on any atom is 0.407 e. The van der Waals surface area contributed by atoms with Crippen molar-refractivity contribution in [3.63, 3.8) is 0 Å². The molecule has 1 aliphatic carbocycles. The van der Waals surface area contributed by atoms with Gasteiger partial charge in [0.15, 0.2) is 6.10 Å². The van der Waals surface area contributed by atoms with E-state index < -0.39 is 35.9 Å². The third-order valence-corrected chi connectivity index (χ3v) is 5.89. The van der Waals surface area contributed by atoms with Crippen molar-refractivity contribution in [1.82, 2.24) is 10.6 Å². The number of nitrogens with one attached hydrogen (secondary N) is 2. The highest BCUT2D eigenvalue weighted by molar-refractivity contribution is 5.79. The predicted molar refractivity (Wildman–Crippen MR) is 134 cm³/mol. The number of carbonyl (C=O) groups excluding carboxylic acids is 2. The number of carbonyl (C=O) groups is 3. The van der Waals surface area contributed by atoms with Crippen molar-refractivity contribution in [1.29, 1.82) is 0 Å². The van der Waals surface area contributed by atoms with Crippen molar-refractivity contribution >= 4 is 18.2 Å². The summed E-state index contributed by atoms with van der Waals surface area (Å²) in [4.78, 5) is 35.6. The Bertz CT molecular complexity index is 1030. The van der Waals surface area contributed by atoms with Crippen molar-refractivity contribution in [3.05, 3.63) is 59.7 Å². The van der Waals surface area contributed by atoms with Crippen molar-refractivity contribution in [3.8, 4) is 11.1 Å². The fourth-order valence-electron chi connectivity index (χ4n) is 4.27. The smallest absolute Gasteiger partial charge is 0.407 e. The monoisotopic (exact) mass is 498 g/mol. The molecule has 36 heavy (non-hydrogen) atoms. The van der Waals surface area contributed by atoms with Gasteiger partial charge >= 0.3 is 18.2 Å². The largest absolute Gasteiger partial charge is 0.479 e. The van der Waals surface area contributed by atoms with Gasteiger partial charge in [0, 0.05) is 12.5 Å². The third kappa shape index (κ3) is 7.21. The average molecular weight is 499 g/mol. The molecule has 0 heterocycles. The number of aliphatic carboxylic acids is 1. The molecule has 1 aliphatic rings. The summed E-state index contributed by atoms with van der Waals surface area (Å²) < 4.78 is 10.6. The van der Waals surface area contributed by atoms with Crippen LogP contribution in [0.15, 0.2) is 48.5 Å². The van der Waals surface area contributed by atoms with Crippen molar-refractivity contribution in [2.75, 3.05) is 13.2 Å². The molecule has 2 atom stereocenters. The Labute approximate surface area is 210 Å². The van der Waals surface area contributed by atoms with Gasteiger partial charge in [-0.3, -0.25) is 0 Å². The van der Waals surface area contributed by atoms with E-state index in [2.05, 4.69) is 10.6 Å². The number of ether oxygens (including phenoxy) is 2. The number of alkyl carbamates (subject to hydrolysis) is 2. The summed E-state index contributed by atoms with van der Waals surface area (Å²) in [6, 6.07) is 14.8. The maximum absolute atomic E-state index is 12.6. The van der Waals surface area contributed by atoms with Gasteiger partial charge in [0.1, 0.15) is 12.2 Å². The fraction of sp³-hybridized carbons (Fsp3) is 0.444. The normalized spacial score (nSPS) is 14.2. The highest BCUT2D eigenvalue weighted by Crippen LogP contribution is 2.44. The fourth-order valence-corrected chi connectivity index (χ4v) is 4.27. The number of fused-ring (bicyclic) bond motifs is 3. The molecular formula is C27H34N2O7. The predicted octanol–water partition coefficient (Wildman–Crippen LogP) is 4.03. The van der Waals surface area contributed by atoms with Crippen molar-refractivity contribution in [2.45, 2.75) is 63.7 Å². The van der Waals surface area contributed by atoms with Crippen LogP contribution in [0.3, 0.4) is 0 Å². The molecule has 0 spiro atoms. The highest BCUT2D eigenvalue weighted by Gasteiger charge is 2.31. The number of hydrogen-bond donors (Lipinski definition) is 4. The van der Waals surface area contributed by atoms with E-state index in [0.717, 1.165) is 22.3 Å². The molecule has 0 saturated carbocycles. The van der Waals surface area contributed by atoms with Gasteiger partial charge in [-0.15, -0.1) is 0 Å². The minimum atomic E-state index is -1.79. The molecule has 2 aromatic carbocycles. The van der Waals surface area contributed by atoms with E-state index in [1.54, 1.807) is 20.8 Å². The van der Waals surface area contributed by atoms with E-state index in [4.69, 9.17) is 9.47 Å². The molecular weight excluding hydrogens is 464 g/mol. The second-order valence-electron chi connectivity index (χ2n) is 9.78. The molecule has 3 rings (SSSR count). The second-order valence-corrected chi connectivity index (χ2v) is 9.78. The van der Waals surface area contributed by atoms with Gasteiger partial charge in [-0.1, -0.05) is 48.5 Å².